The Morgan fingerprint density at radius 3 is 2.00 bits per heavy atom. The van der Waals surface area contributed by atoms with E-state index < -0.39 is 5.97 Å². The molecule has 2 aromatic rings. The maximum atomic E-state index is 12.6. The van der Waals surface area contributed by atoms with Crippen molar-refractivity contribution in [3.05, 3.63) is 56.3 Å². The standard InChI is InChI=1S/C17H16O4S2/c1-3-19-17(2)20-14(10-12-6-4-8-22-12)16(18)15(21-17)11-13-7-5-9-23-13/h4-11H,3H2,1-2H3/b14-10-,15-11-. The third kappa shape index (κ3) is 3.72. The predicted molar refractivity (Wildman–Crippen MR) is 91.8 cm³/mol. The molecule has 3 rings (SSSR count). The Balaban J connectivity index is 1.98. The van der Waals surface area contributed by atoms with Crippen molar-refractivity contribution in [2.45, 2.75) is 19.8 Å². The largest absolute Gasteiger partial charge is 0.426 e. The Morgan fingerprint density at radius 2 is 1.61 bits per heavy atom. The Kier molecular flexibility index (Phi) is 4.66. The van der Waals surface area contributed by atoms with E-state index in [1.165, 1.54) is 22.7 Å². The Morgan fingerprint density at radius 1 is 1.09 bits per heavy atom. The topological polar surface area (TPSA) is 44.8 Å². The van der Waals surface area contributed by atoms with Crippen LogP contribution < -0.4 is 0 Å². The fraction of sp³-hybridized carbons (Fsp3) is 0.235. The molecule has 0 saturated carbocycles. The van der Waals surface area contributed by atoms with Gasteiger partial charge in [-0.3, -0.25) is 4.79 Å². The molecule has 0 amide bonds. The molecule has 0 N–H and O–H groups in total. The number of ether oxygens (including phenoxy) is 3. The normalized spacial score (nSPS) is 24.7. The SMILES string of the molecule is CCOC1(C)O/C(=C\c2cccs2)C(=O)/C(=C/c2cccs2)O1. The number of carbonyl (C=O) groups is 1. The van der Waals surface area contributed by atoms with E-state index in [4.69, 9.17) is 14.2 Å². The second-order valence-electron chi connectivity index (χ2n) is 4.88. The second-order valence-corrected chi connectivity index (χ2v) is 6.84. The molecule has 1 saturated heterocycles. The van der Waals surface area contributed by atoms with E-state index in [0.29, 0.717) is 6.61 Å². The van der Waals surface area contributed by atoms with E-state index in [1.807, 2.05) is 41.9 Å². The summed E-state index contributed by atoms with van der Waals surface area (Å²) in [6.45, 7) is 3.91. The highest BCUT2D eigenvalue weighted by Crippen LogP contribution is 2.33. The predicted octanol–water partition coefficient (Wildman–Crippen LogP) is 4.52. The maximum Gasteiger partial charge on any atom is 0.368 e. The van der Waals surface area contributed by atoms with Gasteiger partial charge in [0.1, 0.15) is 0 Å². The van der Waals surface area contributed by atoms with Gasteiger partial charge in [-0.1, -0.05) is 12.1 Å². The van der Waals surface area contributed by atoms with E-state index in [2.05, 4.69) is 0 Å². The minimum absolute atomic E-state index is 0.220. The molecule has 1 aliphatic heterocycles. The molecule has 0 atom stereocenters. The fourth-order valence-corrected chi connectivity index (χ4v) is 3.44. The molecular weight excluding hydrogens is 332 g/mol. The first-order valence-electron chi connectivity index (χ1n) is 7.17. The van der Waals surface area contributed by atoms with Crippen molar-refractivity contribution < 1.29 is 19.0 Å². The van der Waals surface area contributed by atoms with Crippen LogP contribution in [0.3, 0.4) is 0 Å². The van der Waals surface area contributed by atoms with Crippen LogP contribution in [0.2, 0.25) is 0 Å². The molecule has 0 aromatic carbocycles. The summed E-state index contributed by atoms with van der Waals surface area (Å²) in [6, 6.07) is 7.69. The summed E-state index contributed by atoms with van der Waals surface area (Å²) in [4.78, 5) is 14.5. The Bertz CT molecular complexity index is 671. The first-order valence-corrected chi connectivity index (χ1v) is 8.92. The second kappa shape index (κ2) is 6.70. The highest BCUT2D eigenvalue weighted by atomic mass is 32.1. The molecule has 0 bridgehead atoms. The maximum absolute atomic E-state index is 12.6. The third-order valence-corrected chi connectivity index (χ3v) is 4.72. The Hall–Kier alpha value is -1.89. The zero-order valence-corrected chi connectivity index (χ0v) is 14.4. The zero-order chi connectivity index (χ0) is 16.3. The van der Waals surface area contributed by atoms with Crippen LogP contribution in [0.4, 0.5) is 0 Å². The molecular formula is C17H16O4S2. The average Bonchev–Trinajstić information content (AvgIpc) is 3.18. The number of carbonyl (C=O) groups excluding carboxylic acids is 1. The molecule has 120 valence electrons. The summed E-state index contributed by atoms with van der Waals surface area (Å²) in [5, 5.41) is 3.89. The van der Waals surface area contributed by atoms with Crippen molar-refractivity contribution in [2.24, 2.45) is 0 Å². The van der Waals surface area contributed by atoms with E-state index in [1.54, 1.807) is 19.1 Å². The number of hydrogen-bond acceptors (Lipinski definition) is 6. The summed E-state index contributed by atoms with van der Waals surface area (Å²) < 4.78 is 16.9. The van der Waals surface area contributed by atoms with Gasteiger partial charge in [-0.25, -0.2) is 0 Å². The van der Waals surface area contributed by atoms with Crippen LogP contribution in [0, 0.1) is 0 Å². The average molecular weight is 348 g/mol. The van der Waals surface area contributed by atoms with Crippen LogP contribution >= 0.6 is 22.7 Å². The molecule has 0 spiro atoms. The first-order chi connectivity index (χ1) is 11.1. The monoisotopic (exact) mass is 348 g/mol. The van der Waals surface area contributed by atoms with Crippen molar-refractivity contribution in [2.75, 3.05) is 6.61 Å². The van der Waals surface area contributed by atoms with Crippen molar-refractivity contribution >= 4 is 40.6 Å². The summed E-state index contributed by atoms with van der Waals surface area (Å²) in [6.07, 6.45) is 3.43. The van der Waals surface area contributed by atoms with Crippen LogP contribution in [0.5, 0.6) is 0 Å². The zero-order valence-electron chi connectivity index (χ0n) is 12.8. The molecule has 0 radical (unpaired) electrons. The number of ketones is 1. The summed E-state index contributed by atoms with van der Waals surface area (Å²) in [5.41, 5.74) is 0. The third-order valence-electron chi connectivity index (χ3n) is 3.08. The lowest BCUT2D eigenvalue weighted by Crippen LogP contribution is -2.42. The van der Waals surface area contributed by atoms with Crippen LogP contribution in [0.15, 0.2) is 46.5 Å². The molecule has 1 aliphatic rings. The summed E-state index contributed by atoms with van der Waals surface area (Å²) in [5.74, 6) is -1.16. The molecule has 4 nitrogen and oxygen atoms in total. The molecule has 23 heavy (non-hydrogen) atoms. The lowest BCUT2D eigenvalue weighted by molar-refractivity contribution is -0.343. The first kappa shape index (κ1) is 16.0. The van der Waals surface area contributed by atoms with Crippen molar-refractivity contribution in [3.8, 4) is 0 Å². The van der Waals surface area contributed by atoms with Gasteiger partial charge in [-0.2, -0.15) is 0 Å². The van der Waals surface area contributed by atoms with Crippen molar-refractivity contribution in [1.82, 2.24) is 0 Å². The number of Topliss-reactive ketones (excluding diaryl/α,β-unsaturated/α-hetero) is 1. The lowest BCUT2D eigenvalue weighted by atomic mass is 10.2. The van der Waals surface area contributed by atoms with E-state index in [9.17, 15) is 4.79 Å². The Labute approximate surface area is 142 Å². The van der Waals surface area contributed by atoms with Crippen LogP contribution in [-0.2, 0) is 19.0 Å². The van der Waals surface area contributed by atoms with E-state index >= 15 is 0 Å². The highest BCUT2D eigenvalue weighted by Gasteiger charge is 2.41. The minimum Gasteiger partial charge on any atom is -0.426 e. The van der Waals surface area contributed by atoms with Crippen LogP contribution in [-0.4, -0.2) is 18.4 Å². The molecule has 3 heterocycles. The quantitative estimate of drug-likeness (QED) is 0.762. The molecule has 0 aliphatic carbocycles. The van der Waals surface area contributed by atoms with Crippen molar-refractivity contribution in [1.29, 1.82) is 0 Å². The van der Waals surface area contributed by atoms with Gasteiger partial charge in [0, 0.05) is 28.8 Å². The fourth-order valence-electron chi connectivity index (χ4n) is 2.15. The number of rotatable bonds is 4. The van der Waals surface area contributed by atoms with Gasteiger partial charge in [0.15, 0.2) is 11.5 Å². The van der Waals surface area contributed by atoms with Gasteiger partial charge in [-0.15, -0.1) is 22.7 Å². The summed E-state index contributed by atoms with van der Waals surface area (Å²) >= 11 is 3.06. The van der Waals surface area contributed by atoms with Crippen molar-refractivity contribution in [3.63, 3.8) is 0 Å². The van der Waals surface area contributed by atoms with Gasteiger partial charge in [0.2, 0.25) is 0 Å². The smallest absolute Gasteiger partial charge is 0.368 e. The number of thiophene rings is 2. The molecule has 0 unspecified atom stereocenters. The van der Waals surface area contributed by atoms with Gasteiger partial charge in [-0.05, 0) is 29.8 Å². The molecule has 6 heteroatoms. The summed E-state index contributed by atoms with van der Waals surface area (Å²) in [7, 11) is 0. The van der Waals surface area contributed by atoms with Gasteiger partial charge in [0.05, 0.1) is 6.61 Å². The van der Waals surface area contributed by atoms with Crippen LogP contribution in [0.1, 0.15) is 23.6 Å². The molecule has 2 aromatic heterocycles. The minimum atomic E-state index is -1.31. The van der Waals surface area contributed by atoms with Gasteiger partial charge < -0.3 is 14.2 Å². The molecule has 1 fully saturated rings. The van der Waals surface area contributed by atoms with Crippen LogP contribution in [0.25, 0.3) is 12.2 Å². The van der Waals surface area contributed by atoms with E-state index in [0.717, 1.165) is 9.75 Å². The lowest BCUT2D eigenvalue weighted by Gasteiger charge is -2.35. The van der Waals surface area contributed by atoms with Gasteiger partial charge >= 0.3 is 5.97 Å². The number of hydrogen-bond donors (Lipinski definition) is 0. The highest BCUT2D eigenvalue weighted by molar-refractivity contribution is 7.11. The van der Waals surface area contributed by atoms with E-state index in [-0.39, 0.29) is 17.3 Å². The van der Waals surface area contributed by atoms with Gasteiger partial charge in [0.25, 0.3) is 5.78 Å².